The molecule has 0 aromatic carbocycles. The van der Waals surface area contributed by atoms with Crippen molar-refractivity contribution in [3.63, 3.8) is 0 Å². The maximum atomic E-state index is 13.5. The largest absolute Gasteiger partial charge is 0.459 e. The highest BCUT2D eigenvalue weighted by Gasteiger charge is 2.57. The number of hydrogen-bond donors (Lipinski definition) is 4. The summed E-state index contributed by atoms with van der Waals surface area (Å²) in [6.07, 6.45) is -1.47. The van der Waals surface area contributed by atoms with Crippen LogP contribution in [0.5, 0.6) is 0 Å². The molecule has 5 N–H and O–H groups in total. The Morgan fingerprint density at radius 2 is 1.95 bits per heavy atom. The number of nitrogens with zero attached hydrogens (tertiary/aromatic N) is 4. The van der Waals surface area contributed by atoms with Crippen LogP contribution in [-0.2, 0) is 30.2 Å². The van der Waals surface area contributed by atoms with Crippen LogP contribution in [0.1, 0.15) is 51.2 Å². The number of hydrazine groups is 1. The van der Waals surface area contributed by atoms with E-state index in [1.807, 2.05) is 0 Å². The predicted octanol–water partition coefficient (Wildman–Crippen LogP) is 1.18. The molecule has 44 heavy (non-hydrogen) atoms. The van der Waals surface area contributed by atoms with Crippen LogP contribution in [0.25, 0.3) is 11.2 Å². The molecule has 17 heteroatoms. The summed E-state index contributed by atoms with van der Waals surface area (Å²) in [6.45, 7) is 12.0. The van der Waals surface area contributed by atoms with Crippen LogP contribution in [0.15, 0.2) is 40.6 Å². The number of allylic oxidation sites excluding steroid dienone is 1. The first-order chi connectivity index (χ1) is 20.7. The summed E-state index contributed by atoms with van der Waals surface area (Å²) in [7, 11) is 0. The molecule has 0 radical (unpaired) electrons. The Labute approximate surface area is 250 Å². The van der Waals surface area contributed by atoms with Gasteiger partial charge in [-0.15, -0.1) is 6.58 Å². The van der Waals surface area contributed by atoms with Gasteiger partial charge in [0.15, 0.2) is 23.2 Å². The SMILES string of the molecule is C=CCn1c(=O)n(C2OC(COC(=O)c3ccc(NNC(=O)OC(C)(C)C)nc3)C3OC(C)(C)OC32)c2nc(N)[nH]c(=O)c21. The van der Waals surface area contributed by atoms with E-state index < -0.39 is 59.2 Å². The van der Waals surface area contributed by atoms with Gasteiger partial charge in [-0.1, -0.05) is 6.08 Å². The smallest absolute Gasteiger partial charge is 0.426 e. The van der Waals surface area contributed by atoms with E-state index in [4.69, 9.17) is 29.4 Å². The third kappa shape index (κ3) is 6.15. The second-order valence-electron chi connectivity index (χ2n) is 11.6. The standard InChI is InChI=1S/C27H34N8O9/c1-7-10-34-16-19(30-23(28)31-20(16)36)35(25(34)39)21-18-17(42-27(5,6)43-18)14(41-21)12-40-22(37)13-8-9-15(29-11-13)32-33-24(38)44-26(2,3)4/h7-9,11,14,17-18,21H,1,10,12H2,2-6H3,(H,29,32)(H,33,38)(H3,28,30,31,36). The predicted molar refractivity (Wildman–Crippen MR) is 154 cm³/mol. The Kier molecular flexibility index (Phi) is 7.96. The molecule has 5 rings (SSSR count). The van der Waals surface area contributed by atoms with E-state index in [0.717, 1.165) is 0 Å². The molecular weight excluding hydrogens is 580 g/mol. The molecule has 0 bridgehead atoms. The summed E-state index contributed by atoms with van der Waals surface area (Å²) in [6, 6.07) is 2.92. The minimum absolute atomic E-state index is 0.00580. The minimum atomic E-state index is -1.09. The molecule has 3 aromatic heterocycles. The second-order valence-corrected chi connectivity index (χ2v) is 11.6. The van der Waals surface area contributed by atoms with Gasteiger partial charge in [-0.05, 0) is 46.8 Å². The fraction of sp³-hybridized carbons (Fsp3) is 0.481. The van der Waals surface area contributed by atoms with Crippen LogP contribution >= 0.6 is 0 Å². The van der Waals surface area contributed by atoms with E-state index in [9.17, 15) is 19.2 Å². The van der Waals surface area contributed by atoms with Crippen molar-refractivity contribution in [2.45, 2.75) is 77.1 Å². The molecule has 0 aliphatic carbocycles. The number of fused-ring (bicyclic) bond motifs is 2. The average Bonchev–Trinajstić information content (AvgIpc) is 3.51. The van der Waals surface area contributed by atoms with Crippen molar-refractivity contribution in [1.29, 1.82) is 0 Å². The van der Waals surface area contributed by atoms with Gasteiger partial charge in [-0.25, -0.2) is 29.4 Å². The van der Waals surface area contributed by atoms with Crippen LogP contribution in [-0.4, -0.2) is 72.5 Å². The number of carbonyl (C=O) groups is 2. The van der Waals surface area contributed by atoms with E-state index in [0.29, 0.717) is 0 Å². The van der Waals surface area contributed by atoms with Crippen LogP contribution in [0, 0.1) is 0 Å². The highest BCUT2D eigenvalue weighted by molar-refractivity contribution is 5.89. The maximum Gasteiger partial charge on any atom is 0.426 e. The lowest BCUT2D eigenvalue weighted by atomic mass is 10.1. The molecule has 2 aliphatic heterocycles. The Bertz CT molecular complexity index is 1700. The van der Waals surface area contributed by atoms with Crippen molar-refractivity contribution >= 4 is 35.0 Å². The number of nitrogen functional groups attached to an aromatic ring is 1. The number of pyridine rings is 1. The third-order valence-electron chi connectivity index (χ3n) is 6.59. The Morgan fingerprint density at radius 3 is 2.61 bits per heavy atom. The van der Waals surface area contributed by atoms with Crippen LogP contribution in [0.2, 0.25) is 0 Å². The van der Waals surface area contributed by atoms with E-state index in [1.165, 1.54) is 33.5 Å². The topological polar surface area (TPSA) is 216 Å². The summed E-state index contributed by atoms with van der Waals surface area (Å²) >= 11 is 0. The molecule has 5 heterocycles. The summed E-state index contributed by atoms with van der Waals surface area (Å²) in [5.74, 6) is -1.68. The lowest BCUT2D eigenvalue weighted by Gasteiger charge is -2.24. The molecule has 2 aliphatic rings. The molecule has 4 unspecified atom stereocenters. The molecule has 4 atom stereocenters. The van der Waals surface area contributed by atoms with E-state index in [1.54, 1.807) is 34.6 Å². The number of carbonyl (C=O) groups excluding carboxylic acids is 2. The first kappa shape index (κ1) is 30.7. The number of rotatable bonds is 8. The van der Waals surface area contributed by atoms with Crippen molar-refractivity contribution in [3.05, 3.63) is 57.4 Å². The maximum absolute atomic E-state index is 13.5. The first-order valence-corrected chi connectivity index (χ1v) is 13.7. The first-order valence-electron chi connectivity index (χ1n) is 13.7. The van der Waals surface area contributed by atoms with Crippen molar-refractivity contribution in [2.75, 3.05) is 17.8 Å². The lowest BCUT2D eigenvalue weighted by Crippen LogP contribution is -2.36. The van der Waals surface area contributed by atoms with Crippen LogP contribution in [0.4, 0.5) is 16.6 Å². The van der Waals surface area contributed by atoms with Gasteiger partial charge in [0.05, 0.1) is 5.56 Å². The number of anilines is 2. The molecular formula is C27H34N8O9. The fourth-order valence-corrected chi connectivity index (χ4v) is 4.98. The molecule has 1 amide bonds. The number of nitrogens with one attached hydrogen (secondary N) is 3. The van der Waals surface area contributed by atoms with Crippen molar-refractivity contribution in [1.82, 2.24) is 29.5 Å². The number of esters is 1. The molecule has 236 valence electrons. The van der Waals surface area contributed by atoms with Gasteiger partial charge in [0.2, 0.25) is 5.95 Å². The number of imidazole rings is 1. The van der Waals surface area contributed by atoms with E-state index in [-0.39, 0.29) is 41.6 Å². The van der Waals surface area contributed by atoms with Gasteiger partial charge in [0.25, 0.3) is 5.56 Å². The van der Waals surface area contributed by atoms with Crippen LogP contribution < -0.4 is 27.8 Å². The number of aromatic amines is 1. The van der Waals surface area contributed by atoms with E-state index in [2.05, 4.69) is 32.4 Å². The van der Waals surface area contributed by atoms with Gasteiger partial charge in [0.1, 0.15) is 36.3 Å². The zero-order chi connectivity index (χ0) is 32.0. The lowest BCUT2D eigenvalue weighted by molar-refractivity contribution is -0.200. The van der Waals surface area contributed by atoms with Gasteiger partial charge in [-0.2, -0.15) is 4.98 Å². The molecule has 3 aromatic rings. The van der Waals surface area contributed by atoms with Gasteiger partial charge < -0.3 is 29.4 Å². The number of nitrogens with two attached hydrogens (primary N) is 1. The Hall–Kier alpha value is -4.74. The normalized spacial score (nSPS) is 22.4. The summed E-state index contributed by atoms with van der Waals surface area (Å²) in [5, 5.41) is 0. The van der Waals surface area contributed by atoms with Crippen molar-refractivity contribution in [2.24, 2.45) is 0 Å². The Morgan fingerprint density at radius 1 is 1.23 bits per heavy atom. The number of aromatic nitrogens is 5. The average molecular weight is 615 g/mol. The zero-order valence-electron chi connectivity index (χ0n) is 24.8. The molecule has 0 spiro atoms. The highest BCUT2D eigenvalue weighted by Crippen LogP contribution is 2.43. The third-order valence-corrected chi connectivity index (χ3v) is 6.59. The van der Waals surface area contributed by atoms with Crippen LogP contribution in [0.3, 0.4) is 0 Å². The fourth-order valence-electron chi connectivity index (χ4n) is 4.98. The number of amides is 1. The highest BCUT2D eigenvalue weighted by atomic mass is 16.8. The summed E-state index contributed by atoms with van der Waals surface area (Å²) < 4.78 is 31.4. The monoisotopic (exact) mass is 614 g/mol. The zero-order valence-corrected chi connectivity index (χ0v) is 24.8. The second kappa shape index (κ2) is 11.4. The number of ether oxygens (including phenoxy) is 5. The van der Waals surface area contributed by atoms with Crippen molar-refractivity contribution in [3.8, 4) is 0 Å². The minimum Gasteiger partial charge on any atom is -0.459 e. The summed E-state index contributed by atoms with van der Waals surface area (Å²) in [4.78, 5) is 61.7. The summed E-state index contributed by atoms with van der Waals surface area (Å²) in [5.41, 5.74) is 8.97. The number of H-pyrrole nitrogens is 1. The molecule has 2 saturated heterocycles. The molecule has 0 saturated carbocycles. The Balaban J connectivity index is 1.32. The molecule has 2 fully saturated rings. The van der Waals surface area contributed by atoms with Gasteiger partial charge in [0, 0.05) is 12.7 Å². The van der Waals surface area contributed by atoms with Gasteiger partial charge >= 0.3 is 17.8 Å². The number of hydrogen-bond acceptors (Lipinski definition) is 13. The quantitative estimate of drug-likeness (QED) is 0.159. The molecule has 17 nitrogen and oxygen atoms in total. The van der Waals surface area contributed by atoms with Gasteiger partial charge in [-0.3, -0.25) is 19.8 Å². The van der Waals surface area contributed by atoms with Crippen molar-refractivity contribution < 1.29 is 33.3 Å². The van der Waals surface area contributed by atoms with E-state index >= 15 is 0 Å².